The molecule has 0 bridgehead atoms. The van der Waals surface area contributed by atoms with Gasteiger partial charge in [0.1, 0.15) is 5.75 Å². The summed E-state index contributed by atoms with van der Waals surface area (Å²) >= 11 is 1.64. The van der Waals surface area contributed by atoms with Gasteiger partial charge in [0.2, 0.25) is 0 Å². The fraction of sp³-hybridized carbons (Fsp3) is 0. The van der Waals surface area contributed by atoms with Crippen LogP contribution in [-0.4, -0.2) is 5.11 Å². The van der Waals surface area contributed by atoms with Crippen molar-refractivity contribution in [2.45, 2.75) is 0 Å². The number of thiophene rings is 1. The van der Waals surface area contributed by atoms with Crippen molar-refractivity contribution in [3.63, 3.8) is 0 Å². The summed E-state index contributed by atoms with van der Waals surface area (Å²) in [5.74, 6) is 0.233. The Morgan fingerprint density at radius 2 is 1.82 bits per heavy atom. The van der Waals surface area contributed by atoms with Crippen LogP contribution in [-0.2, 0) is 0 Å². The molecule has 2 aromatic carbocycles. The molecule has 0 aliphatic rings. The lowest BCUT2D eigenvalue weighted by molar-refractivity contribution is 0.478. The van der Waals surface area contributed by atoms with Crippen molar-refractivity contribution in [3.8, 4) is 16.2 Å². The molecule has 0 radical (unpaired) electrons. The highest BCUT2D eigenvalue weighted by Crippen LogP contribution is 2.40. The third kappa shape index (κ3) is 1.65. The van der Waals surface area contributed by atoms with Gasteiger partial charge in [0.05, 0.1) is 5.56 Å². The van der Waals surface area contributed by atoms with Gasteiger partial charge in [0, 0.05) is 15.3 Å². The number of benzene rings is 2. The summed E-state index contributed by atoms with van der Waals surface area (Å²) in [6.07, 6.45) is 0. The quantitative estimate of drug-likeness (QED) is 0.635. The van der Waals surface area contributed by atoms with E-state index in [9.17, 15) is 5.11 Å². The Hall–Kier alpha value is -2.00. The largest absolute Gasteiger partial charge is 0.507 e. The smallest absolute Gasteiger partial charge is 0.126 e. The Morgan fingerprint density at radius 1 is 1.00 bits per heavy atom. The molecule has 0 fully saturated rings. The second-order valence-corrected chi connectivity index (χ2v) is 4.97. The molecule has 0 atom stereocenters. The second-order valence-electron chi connectivity index (χ2n) is 3.89. The molecule has 0 saturated heterocycles. The number of rotatable bonds is 1. The fourth-order valence-electron chi connectivity index (χ4n) is 1.93. The van der Waals surface area contributed by atoms with Gasteiger partial charge >= 0.3 is 0 Å². The summed E-state index contributed by atoms with van der Waals surface area (Å²) in [7, 11) is 0. The van der Waals surface area contributed by atoms with E-state index in [1.165, 1.54) is 10.1 Å². The second kappa shape index (κ2) is 3.79. The van der Waals surface area contributed by atoms with Crippen molar-refractivity contribution in [3.05, 3.63) is 48.5 Å². The highest BCUT2D eigenvalue weighted by Gasteiger charge is 2.11. The topological polar surface area (TPSA) is 46.2 Å². The van der Waals surface area contributed by atoms with Crippen LogP contribution in [0.15, 0.2) is 48.5 Å². The van der Waals surface area contributed by atoms with E-state index in [0.717, 1.165) is 10.4 Å². The minimum Gasteiger partial charge on any atom is -0.507 e. The van der Waals surface area contributed by atoms with Crippen molar-refractivity contribution < 1.29 is 5.11 Å². The van der Waals surface area contributed by atoms with Gasteiger partial charge in [-0.15, -0.1) is 11.3 Å². The molecule has 1 heterocycles. The lowest BCUT2D eigenvalue weighted by Crippen LogP contribution is -1.88. The van der Waals surface area contributed by atoms with Gasteiger partial charge < -0.3 is 10.8 Å². The number of aromatic hydroxyl groups is 1. The molecule has 3 N–H and O–H groups in total. The van der Waals surface area contributed by atoms with Gasteiger partial charge in [0.15, 0.2) is 0 Å². The number of nitrogens with two attached hydrogens (primary N) is 1. The van der Waals surface area contributed by atoms with Crippen LogP contribution in [0, 0.1) is 0 Å². The van der Waals surface area contributed by atoms with Crippen molar-refractivity contribution in [2.75, 3.05) is 5.73 Å². The lowest BCUT2D eigenvalue weighted by atomic mass is 10.1. The highest BCUT2D eigenvalue weighted by atomic mass is 32.1. The summed E-state index contributed by atoms with van der Waals surface area (Å²) in [6.45, 7) is 0. The van der Waals surface area contributed by atoms with E-state index in [-0.39, 0.29) is 5.75 Å². The molecule has 17 heavy (non-hydrogen) atoms. The molecule has 0 unspecified atom stereocenters. The van der Waals surface area contributed by atoms with Crippen molar-refractivity contribution >= 4 is 27.1 Å². The Kier molecular flexibility index (Phi) is 2.27. The summed E-state index contributed by atoms with van der Waals surface area (Å²) < 4.78 is 1.20. The average Bonchev–Trinajstić information content (AvgIpc) is 2.71. The predicted molar refractivity (Wildman–Crippen MR) is 73.3 cm³/mol. The number of hydrogen-bond acceptors (Lipinski definition) is 3. The minimum absolute atomic E-state index is 0.233. The molecule has 3 aromatic rings. The Bertz CT molecular complexity index is 634. The average molecular weight is 241 g/mol. The highest BCUT2D eigenvalue weighted by molar-refractivity contribution is 7.22. The first-order valence-electron chi connectivity index (χ1n) is 5.32. The molecule has 0 saturated carbocycles. The van der Waals surface area contributed by atoms with E-state index in [0.29, 0.717) is 5.69 Å². The van der Waals surface area contributed by atoms with E-state index in [2.05, 4.69) is 18.2 Å². The van der Waals surface area contributed by atoms with Crippen molar-refractivity contribution in [1.29, 1.82) is 0 Å². The number of fused-ring (bicyclic) bond motifs is 1. The van der Waals surface area contributed by atoms with Gasteiger partial charge in [-0.05, 0) is 29.7 Å². The zero-order valence-corrected chi connectivity index (χ0v) is 9.87. The Labute approximate surface area is 103 Å². The molecule has 3 rings (SSSR count). The van der Waals surface area contributed by atoms with Crippen LogP contribution in [0.4, 0.5) is 5.69 Å². The Balaban J connectivity index is 2.27. The van der Waals surface area contributed by atoms with E-state index in [4.69, 9.17) is 5.73 Å². The molecular formula is C14H11NOS. The van der Waals surface area contributed by atoms with Gasteiger partial charge in [-0.3, -0.25) is 0 Å². The first-order valence-corrected chi connectivity index (χ1v) is 6.14. The molecule has 2 nitrogen and oxygen atoms in total. The molecule has 0 aliphatic heterocycles. The zero-order valence-electron chi connectivity index (χ0n) is 9.05. The van der Waals surface area contributed by atoms with Crippen LogP contribution < -0.4 is 5.73 Å². The van der Waals surface area contributed by atoms with E-state index in [1.807, 2.05) is 12.1 Å². The first kappa shape index (κ1) is 10.2. The molecule has 0 spiro atoms. The number of phenols is 1. The SMILES string of the molecule is Nc1cccc(O)c1-c1cc2ccccc2s1. The molecular weight excluding hydrogens is 230 g/mol. The fourth-order valence-corrected chi connectivity index (χ4v) is 3.07. The lowest BCUT2D eigenvalue weighted by Gasteiger charge is -2.04. The van der Waals surface area contributed by atoms with E-state index >= 15 is 0 Å². The first-order chi connectivity index (χ1) is 8.25. The van der Waals surface area contributed by atoms with Gasteiger partial charge in [-0.1, -0.05) is 24.3 Å². The third-order valence-electron chi connectivity index (χ3n) is 2.75. The monoisotopic (exact) mass is 241 g/mol. The van der Waals surface area contributed by atoms with E-state index in [1.54, 1.807) is 29.5 Å². The van der Waals surface area contributed by atoms with Crippen LogP contribution in [0.5, 0.6) is 5.75 Å². The van der Waals surface area contributed by atoms with Crippen LogP contribution in [0.3, 0.4) is 0 Å². The molecule has 3 heteroatoms. The minimum atomic E-state index is 0.233. The standard InChI is InChI=1S/C14H11NOS/c15-10-5-3-6-11(16)14(10)13-8-9-4-1-2-7-12(9)17-13/h1-8,16H,15H2. The number of hydrogen-bond donors (Lipinski definition) is 2. The summed E-state index contributed by atoms with van der Waals surface area (Å²) in [5.41, 5.74) is 7.26. The number of nitrogen functional groups attached to an aromatic ring is 1. The summed E-state index contributed by atoms with van der Waals surface area (Å²) in [5, 5.41) is 11.1. The molecule has 0 amide bonds. The molecule has 0 aliphatic carbocycles. The molecule has 84 valence electrons. The van der Waals surface area contributed by atoms with Crippen LogP contribution in [0.25, 0.3) is 20.5 Å². The maximum atomic E-state index is 9.90. The summed E-state index contributed by atoms with van der Waals surface area (Å²) in [6, 6.07) is 15.4. The normalized spacial score (nSPS) is 10.8. The van der Waals surface area contributed by atoms with Crippen molar-refractivity contribution in [1.82, 2.24) is 0 Å². The third-order valence-corrected chi connectivity index (χ3v) is 3.88. The Morgan fingerprint density at radius 3 is 2.59 bits per heavy atom. The predicted octanol–water partition coefficient (Wildman–Crippen LogP) is 3.86. The number of phenolic OH excluding ortho intramolecular Hbond substituents is 1. The maximum Gasteiger partial charge on any atom is 0.126 e. The van der Waals surface area contributed by atoms with Crippen LogP contribution >= 0.6 is 11.3 Å². The van der Waals surface area contributed by atoms with Gasteiger partial charge in [0.25, 0.3) is 0 Å². The number of anilines is 1. The van der Waals surface area contributed by atoms with Gasteiger partial charge in [-0.2, -0.15) is 0 Å². The van der Waals surface area contributed by atoms with Crippen LogP contribution in [0.1, 0.15) is 0 Å². The van der Waals surface area contributed by atoms with Crippen LogP contribution in [0.2, 0.25) is 0 Å². The summed E-state index contributed by atoms with van der Waals surface area (Å²) in [4.78, 5) is 1.00. The molecule has 1 aromatic heterocycles. The maximum absolute atomic E-state index is 9.90. The van der Waals surface area contributed by atoms with Crippen molar-refractivity contribution in [2.24, 2.45) is 0 Å². The van der Waals surface area contributed by atoms with Gasteiger partial charge in [-0.25, -0.2) is 0 Å². The zero-order chi connectivity index (χ0) is 11.8. The van der Waals surface area contributed by atoms with E-state index < -0.39 is 0 Å².